The number of aromatic carboxylic acids is 1. The van der Waals surface area contributed by atoms with Gasteiger partial charge in [0.25, 0.3) is 5.91 Å². The monoisotopic (exact) mass is 474 g/mol. The number of aryl methyl sites for hydroxylation is 1. The molecule has 0 aliphatic carbocycles. The first-order chi connectivity index (χ1) is 16.9. The third kappa shape index (κ3) is 3.99. The molecule has 9 heteroatoms. The number of amides is 1. The van der Waals surface area contributed by atoms with Crippen LogP contribution in [-0.2, 0) is 6.54 Å². The van der Waals surface area contributed by atoms with E-state index in [9.17, 15) is 19.5 Å². The Bertz CT molecular complexity index is 1540. The van der Waals surface area contributed by atoms with Gasteiger partial charge in [-0.1, -0.05) is 24.3 Å². The molecule has 35 heavy (non-hydrogen) atoms. The molecule has 0 radical (unpaired) electrons. The van der Waals surface area contributed by atoms with E-state index in [0.29, 0.717) is 49.6 Å². The lowest BCUT2D eigenvalue weighted by molar-refractivity contribution is 0.0693. The summed E-state index contributed by atoms with van der Waals surface area (Å²) in [7, 11) is 0. The zero-order valence-corrected chi connectivity index (χ0v) is 19.1. The first-order valence-corrected chi connectivity index (χ1v) is 11.4. The Balaban J connectivity index is 1.39. The van der Waals surface area contributed by atoms with Gasteiger partial charge in [-0.2, -0.15) is 0 Å². The van der Waals surface area contributed by atoms with Crippen molar-refractivity contribution in [1.82, 2.24) is 14.5 Å². The molecule has 0 spiro atoms. The van der Waals surface area contributed by atoms with Gasteiger partial charge < -0.3 is 19.5 Å². The summed E-state index contributed by atoms with van der Waals surface area (Å²) in [6.45, 7) is 3.84. The summed E-state index contributed by atoms with van der Waals surface area (Å²) in [5.74, 6) is -2.11. The van der Waals surface area contributed by atoms with E-state index < -0.39 is 17.2 Å². The minimum Gasteiger partial charge on any atom is -0.477 e. The number of anilines is 1. The number of benzene rings is 2. The second-order valence-electron chi connectivity index (χ2n) is 8.45. The third-order valence-corrected chi connectivity index (χ3v) is 6.44. The summed E-state index contributed by atoms with van der Waals surface area (Å²) in [6.07, 6.45) is 1.29. The van der Waals surface area contributed by atoms with Gasteiger partial charge in [-0.3, -0.25) is 9.59 Å². The van der Waals surface area contributed by atoms with Crippen LogP contribution in [0.15, 0.2) is 59.5 Å². The number of pyridine rings is 2. The van der Waals surface area contributed by atoms with E-state index >= 15 is 4.39 Å². The SMILES string of the molecule is CCn1cc(C(=O)O)c(=O)c2cc(F)c(N3CCN(C(=O)c4ccc5ccccc5n4)CC3)cc21. The number of carbonyl (C=O) groups is 2. The number of rotatable bonds is 4. The number of carboxylic acid groups (broad SMARTS) is 1. The summed E-state index contributed by atoms with van der Waals surface area (Å²) < 4.78 is 16.7. The second kappa shape index (κ2) is 8.83. The number of aromatic nitrogens is 2. The lowest BCUT2D eigenvalue weighted by Gasteiger charge is -2.36. The van der Waals surface area contributed by atoms with Crippen LogP contribution >= 0.6 is 0 Å². The topological polar surface area (TPSA) is 95.7 Å². The number of halogens is 1. The van der Waals surface area contributed by atoms with Gasteiger partial charge in [0.15, 0.2) is 0 Å². The number of fused-ring (bicyclic) bond motifs is 2. The van der Waals surface area contributed by atoms with Crippen molar-refractivity contribution < 1.29 is 19.1 Å². The largest absolute Gasteiger partial charge is 0.477 e. The minimum absolute atomic E-state index is 0.0317. The molecule has 1 aliphatic heterocycles. The molecule has 1 N–H and O–H groups in total. The highest BCUT2D eigenvalue weighted by Crippen LogP contribution is 2.27. The summed E-state index contributed by atoms with van der Waals surface area (Å²) >= 11 is 0. The Morgan fingerprint density at radius 2 is 1.80 bits per heavy atom. The lowest BCUT2D eigenvalue weighted by Crippen LogP contribution is -2.49. The van der Waals surface area contributed by atoms with E-state index in [2.05, 4.69) is 4.98 Å². The van der Waals surface area contributed by atoms with E-state index in [1.807, 2.05) is 42.2 Å². The number of nitrogens with zero attached hydrogens (tertiary/aromatic N) is 4. The number of piperazine rings is 1. The van der Waals surface area contributed by atoms with Crippen LogP contribution in [0, 0.1) is 5.82 Å². The molecule has 0 bridgehead atoms. The Kier molecular flexibility index (Phi) is 5.68. The quantitative estimate of drug-likeness (QED) is 0.487. The first-order valence-electron chi connectivity index (χ1n) is 11.4. The molecular formula is C26H23FN4O4. The van der Waals surface area contributed by atoms with Crippen LogP contribution in [0.5, 0.6) is 0 Å². The van der Waals surface area contributed by atoms with Gasteiger partial charge in [-0.25, -0.2) is 14.2 Å². The van der Waals surface area contributed by atoms with Gasteiger partial charge in [0, 0.05) is 49.7 Å². The molecule has 178 valence electrons. The van der Waals surface area contributed by atoms with E-state index in [4.69, 9.17) is 0 Å². The highest BCUT2D eigenvalue weighted by atomic mass is 19.1. The van der Waals surface area contributed by atoms with Gasteiger partial charge in [0.1, 0.15) is 17.1 Å². The fraction of sp³-hybridized carbons (Fsp3) is 0.231. The number of carbonyl (C=O) groups excluding carboxylic acids is 1. The third-order valence-electron chi connectivity index (χ3n) is 6.44. The molecule has 1 amide bonds. The molecule has 8 nitrogen and oxygen atoms in total. The van der Waals surface area contributed by atoms with Crippen molar-refractivity contribution in [2.45, 2.75) is 13.5 Å². The van der Waals surface area contributed by atoms with Crippen LogP contribution in [0.2, 0.25) is 0 Å². The fourth-order valence-electron chi connectivity index (χ4n) is 4.55. The highest BCUT2D eigenvalue weighted by molar-refractivity contribution is 5.95. The molecule has 0 unspecified atom stereocenters. The van der Waals surface area contributed by atoms with Crippen molar-refractivity contribution in [2.75, 3.05) is 31.1 Å². The zero-order chi connectivity index (χ0) is 24.7. The zero-order valence-electron chi connectivity index (χ0n) is 19.1. The standard InChI is InChI=1S/C26H23FN4O4/c1-2-29-15-18(26(34)35)24(32)17-13-19(27)23(14-22(17)29)30-9-11-31(12-10-30)25(33)21-8-7-16-5-3-4-6-20(16)28-21/h3-8,13-15H,2,9-12H2,1H3,(H,34,35). The summed E-state index contributed by atoms with van der Waals surface area (Å²) in [5, 5.41) is 10.3. The average Bonchev–Trinajstić information content (AvgIpc) is 2.88. The molecule has 5 rings (SSSR count). The smallest absolute Gasteiger partial charge is 0.341 e. The number of hydrogen-bond donors (Lipinski definition) is 1. The van der Waals surface area contributed by atoms with Crippen molar-refractivity contribution in [1.29, 1.82) is 0 Å². The predicted octanol–water partition coefficient (Wildman–Crippen LogP) is 3.37. The van der Waals surface area contributed by atoms with Gasteiger partial charge >= 0.3 is 5.97 Å². The maximum atomic E-state index is 15.1. The van der Waals surface area contributed by atoms with Crippen LogP contribution < -0.4 is 10.3 Å². The molecule has 2 aromatic heterocycles. The number of para-hydroxylation sites is 1. The van der Waals surface area contributed by atoms with Crippen LogP contribution in [0.3, 0.4) is 0 Å². The Labute approximate surface area is 199 Å². The normalized spacial score (nSPS) is 14.0. The van der Waals surface area contributed by atoms with Crippen molar-refractivity contribution in [3.05, 3.63) is 82.0 Å². The number of carboxylic acids is 1. The van der Waals surface area contributed by atoms with Crippen LogP contribution in [0.4, 0.5) is 10.1 Å². The van der Waals surface area contributed by atoms with Crippen LogP contribution in [-0.4, -0.2) is 57.6 Å². The summed E-state index contributed by atoms with van der Waals surface area (Å²) in [5.41, 5.74) is 0.816. The summed E-state index contributed by atoms with van der Waals surface area (Å²) in [4.78, 5) is 45.1. The second-order valence-corrected chi connectivity index (χ2v) is 8.45. The molecular weight excluding hydrogens is 451 g/mol. The lowest BCUT2D eigenvalue weighted by atomic mass is 10.1. The molecule has 2 aromatic carbocycles. The van der Waals surface area contributed by atoms with E-state index in [-0.39, 0.29) is 16.9 Å². The van der Waals surface area contributed by atoms with E-state index in [1.165, 1.54) is 6.20 Å². The highest BCUT2D eigenvalue weighted by Gasteiger charge is 2.26. The molecule has 0 saturated carbocycles. The fourth-order valence-corrected chi connectivity index (χ4v) is 4.55. The summed E-state index contributed by atoms with van der Waals surface area (Å²) in [6, 6.07) is 13.9. The molecule has 1 fully saturated rings. The van der Waals surface area contributed by atoms with Crippen LogP contribution in [0.1, 0.15) is 27.8 Å². The van der Waals surface area contributed by atoms with Gasteiger partial charge in [0.05, 0.1) is 16.7 Å². The van der Waals surface area contributed by atoms with Crippen molar-refractivity contribution >= 4 is 39.4 Å². The van der Waals surface area contributed by atoms with Crippen LogP contribution in [0.25, 0.3) is 21.8 Å². The van der Waals surface area contributed by atoms with Crippen molar-refractivity contribution in [3.8, 4) is 0 Å². The minimum atomic E-state index is -1.34. The van der Waals surface area contributed by atoms with Gasteiger partial charge in [-0.15, -0.1) is 0 Å². The average molecular weight is 474 g/mol. The van der Waals surface area contributed by atoms with Gasteiger partial charge in [-0.05, 0) is 31.2 Å². The Morgan fingerprint density at radius 3 is 2.51 bits per heavy atom. The number of hydrogen-bond acceptors (Lipinski definition) is 5. The first kappa shape index (κ1) is 22.5. The Hall–Kier alpha value is -4.27. The van der Waals surface area contributed by atoms with Crippen molar-refractivity contribution in [2.24, 2.45) is 0 Å². The maximum absolute atomic E-state index is 15.1. The molecule has 4 aromatic rings. The molecule has 3 heterocycles. The molecule has 0 atom stereocenters. The Morgan fingerprint density at radius 1 is 1.06 bits per heavy atom. The molecule has 1 saturated heterocycles. The van der Waals surface area contributed by atoms with E-state index in [1.54, 1.807) is 21.6 Å². The van der Waals surface area contributed by atoms with Crippen molar-refractivity contribution in [3.63, 3.8) is 0 Å². The predicted molar refractivity (Wildman–Crippen MR) is 131 cm³/mol. The van der Waals surface area contributed by atoms with E-state index in [0.717, 1.165) is 17.0 Å². The maximum Gasteiger partial charge on any atom is 0.341 e. The molecule has 1 aliphatic rings. The van der Waals surface area contributed by atoms with Gasteiger partial charge in [0.2, 0.25) is 5.43 Å².